The van der Waals surface area contributed by atoms with Gasteiger partial charge in [0.1, 0.15) is 5.56 Å². The molecule has 2 fully saturated rings. The molecule has 2 aliphatic rings. The van der Waals surface area contributed by atoms with Crippen LogP contribution in [0.15, 0.2) is 24.7 Å². The van der Waals surface area contributed by atoms with E-state index in [0.29, 0.717) is 24.3 Å². The minimum Gasteiger partial charge on any atom is -0.391 e. The fraction of sp³-hybridized carbons (Fsp3) is 0.562. The van der Waals surface area contributed by atoms with E-state index in [1.165, 1.54) is 0 Å². The average Bonchev–Trinajstić information content (AvgIpc) is 3.20. The quantitative estimate of drug-likeness (QED) is 0.868. The monoisotopic (exact) mass is 315 g/mol. The molecule has 23 heavy (non-hydrogen) atoms. The highest BCUT2D eigenvalue weighted by Crippen LogP contribution is 2.25. The topological polar surface area (TPSA) is 74.0 Å². The van der Waals surface area contributed by atoms with Crippen LogP contribution in [0.4, 0.5) is 0 Å². The second-order valence-corrected chi connectivity index (χ2v) is 6.34. The van der Waals surface area contributed by atoms with Gasteiger partial charge in [-0.25, -0.2) is 9.50 Å². The number of rotatable bonds is 2. The molecule has 1 saturated heterocycles. The summed E-state index contributed by atoms with van der Waals surface area (Å²) >= 11 is 0. The first-order valence-electron chi connectivity index (χ1n) is 8.24. The van der Waals surface area contributed by atoms with E-state index in [0.717, 1.165) is 32.4 Å². The molecular formula is C16H21N5O2. The predicted octanol–water partition coefficient (Wildman–Crippen LogP) is 0.401. The maximum Gasteiger partial charge on any atom is 0.259 e. The van der Waals surface area contributed by atoms with Crippen molar-refractivity contribution in [3.8, 4) is 0 Å². The summed E-state index contributed by atoms with van der Waals surface area (Å²) in [5.41, 5.74) is 1.16. The lowest BCUT2D eigenvalue weighted by atomic mass is 10.1. The minimum absolute atomic E-state index is 0.00896. The van der Waals surface area contributed by atoms with Crippen molar-refractivity contribution in [2.24, 2.45) is 0 Å². The third kappa shape index (κ3) is 2.60. The second kappa shape index (κ2) is 5.90. The summed E-state index contributed by atoms with van der Waals surface area (Å²) in [4.78, 5) is 21.2. The van der Waals surface area contributed by atoms with Gasteiger partial charge in [0.05, 0.1) is 12.3 Å². The van der Waals surface area contributed by atoms with Crippen LogP contribution in [0, 0.1) is 0 Å². The fourth-order valence-electron chi connectivity index (χ4n) is 3.75. The van der Waals surface area contributed by atoms with Gasteiger partial charge in [-0.15, -0.1) is 0 Å². The van der Waals surface area contributed by atoms with Gasteiger partial charge in [0, 0.05) is 44.6 Å². The zero-order valence-electron chi connectivity index (χ0n) is 13.0. The number of hydrogen-bond donors (Lipinski definition) is 1. The van der Waals surface area contributed by atoms with E-state index < -0.39 is 0 Å². The Morgan fingerprint density at radius 2 is 2.04 bits per heavy atom. The lowest BCUT2D eigenvalue weighted by molar-refractivity contribution is 0.0316. The van der Waals surface area contributed by atoms with Crippen LogP contribution in [0.25, 0.3) is 5.65 Å². The Morgan fingerprint density at radius 1 is 1.22 bits per heavy atom. The molecule has 2 atom stereocenters. The van der Waals surface area contributed by atoms with Crippen molar-refractivity contribution in [2.75, 3.05) is 26.2 Å². The highest BCUT2D eigenvalue weighted by molar-refractivity contribution is 5.99. The molecule has 1 amide bonds. The Labute approximate surface area is 134 Å². The van der Waals surface area contributed by atoms with Gasteiger partial charge in [0.2, 0.25) is 0 Å². The Hall–Kier alpha value is -1.99. The molecule has 4 rings (SSSR count). The molecule has 7 heteroatoms. The summed E-state index contributed by atoms with van der Waals surface area (Å²) in [7, 11) is 0. The van der Waals surface area contributed by atoms with E-state index in [1.54, 1.807) is 29.2 Å². The largest absolute Gasteiger partial charge is 0.391 e. The van der Waals surface area contributed by atoms with Gasteiger partial charge >= 0.3 is 0 Å². The van der Waals surface area contributed by atoms with Gasteiger partial charge in [0.15, 0.2) is 5.65 Å². The zero-order valence-corrected chi connectivity index (χ0v) is 13.0. The van der Waals surface area contributed by atoms with Gasteiger partial charge in [0.25, 0.3) is 5.91 Å². The van der Waals surface area contributed by atoms with Crippen LogP contribution in [0.2, 0.25) is 0 Å². The third-order valence-corrected chi connectivity index (χ3v) is 5.02. The Balaban J connectivity index is 1.45. The number of hydrogen-bond acceptors (Lipinski definition) is 5. The van der Waals surface area contributed by atoms with E-state index in [4.69, 9.17) is 0 Å². The Bertz CT molecular complexity index is 707. The zero-order chi connectivity index (χ0) is 15.8. The number of fused-ring (bicyclic) bond motifs is 1. The summed E-state index contributed by atoms with van der Waals surface area (Å²) in [6.45, 7) is 3.01. The van der Waals surface area contributed by atoms with Crippen LogP contribution in [-0.4, -0.2) is 73.7 Å². The van der Waals surface area contributed by atoms with Crippen LogP contribution < -0.4 is 0 Å². The number of aromatic nitrogens is 3. The van der Waals surface area contributed by atoms with Crippen molar-refractivity contribution in [3.63, 3.8) is 0 Å². The molecule has 1 saturated carbocycles. The van der Waals surface area contributed by atoms with Crippen molar-refractivity contribution in [1.29, 1.82) is 0 Å². The fourth-order valence-corrected chi connectivity index (χ4v) is 3.75. The number of carbonyl (C=O) groups excluding carboxylic acids is 1. The van der Waals surface area contributed by atoms with Crippen molar-refractivity contribution < 1.29 is 9.90 Å². The maximum atomic E-state index is 12.7. The van der Waals surface area contributed by atoms with Gasteiger partial charge in [-0.3, -0.25) is 9.69 Å². The second-order valence-electron chi connectivity index (χ2n) is 6.34. The van der Waals surface area contributed by atoms with Crippen molar-refractivity contribution in [2.45, 2.75) is 31.4 Å². The number of aliphatic hydroxyl groups is 1. The molecule has 0 aromatic carbocycles. The van der Waals surface area contributed by atoms with Gasteiger partial charge in [-0.05, 0) is 25.3 Å². The first kappa shape index (κ1) is 14.6. The van der Waals surface area contributed by atoms with Gasteiger partial charge < -0.3 is 10.0 Å². The first-order chi connectivity index (χ1) is 11.2. The number of amides is 1. The summed E-state index contributed by atoms with van der Waals surface area (Å²) in [5.74, 6) is -0.00896. The molecule has 122 valence electrons. The average molecular weight is 315 g/mol. The smallest absolute Gasteiger partial charge is 0.259 e. The standard InChI is InChI=1S/C16H21N5O2/c22-14-4-1-3-13(14)19-7-9-20(10-8-19)16(23)12-11-18-21-6-2-5-17-15(12)21/h2,5-6,11,13-14,22H,1,3-4,7-10H2/t13-,14-/m1/s1. The molecule has 0 radical (unpaired) electrons. The molecule has 1 N–H and O–H groups in total. The number of piperazine rings is 1. The third-order valence-electron chi connectivity index (χ3n) is 5.02. The van der Waals surface area contributed by atoms with Crippen LogP contribution in [0.1, 0.15) is 29.6 Å². The number of carbonyl (C=O) groups is 1. The predicted molar refractivity (Wildman–Crippen MR) is 84.1 cm³/mol. The first-order valence-corrected chi connectivity index (χ1v) is 8.24. The lowest BCUT2D eigenvalue weighted by Gasteiger charge is -2.39. The molecule has 0 unspecified atom stereocenters. The molecule has 2 aromatic rings. The molecular weight excluding hydrogens is 294 g/mol. The van der Waals surface area contributed by atoms with E-state index >= 15 is 0 Å². The summed E-state index contributed by atoms with van der Waals surface area (Å²) in [5, 5.41) is 14.2. The molecule has 0 spiro atoms. The number of aliphatic hydroxyl groups excluding tert-OH is 1. The van der Waals surface area contributed by atoms with Crippen LogP contribution >= 0.6 is 0 Å². The SMILES string of the molecule is O=C(c1cnn2cccnc12)N1CCN([C@@H]2CCC[C@H]2O)CC1. The van der Waals surface area contributed by atoms with E-state index in [9.17, 15) is 9.90 Å². The lowest BCUT2D eigenvalue weighted by Crippen LogP contribution is -2.53. The van der Waals surface area contributed by atoms with E-state index in [2.05, 4.69) is 15.0 Å². The molecule has 1 aliphatic carbocycles. The Morgan fingerprint density at radius 3 is 2.78 bits per heavy atom. The highest BCUT2D eigenvalue weighted by Gasteiger charge is 2.33. The summed E-state index contributed by atoms with van der Waals surface area (Å²) in [6, 6.07) is 2.06. The van der Waals surface area contributed by atoms with Gasteiger partial charge in [-0.1, -0.05) is 0 Å². The van der Waals surface area contributed by atoms with Crippen LogP contribution in [-0.2, 0) is 0 Å². The Kier molecular flexibility index (Phi) is 3.74. The minimum atomic E-state index is -0.207. The highest BCUT2D eigenvalue weighted by atomic mass is 16.3. The van der Waals surface area contributed by atoms with Gasteiger partial charge in [-0.2, -0.15) is 5.10 Å². The molecule has 0 bridgehead atoms. The van der Waals surface area contributed by atoms with Crippen LogP contribution in [0.3, 0.4) is 0 Å². The van der Waals surface area contributed by atoms with Crippen molar-refractivity contribution in [3.05, 3.63) is 30.2 Å². The molecule has 2 aromatic heterocycles. The van der Waals surface area contributed by atoms with E-state index in [1.807, 2.05) is 4.90 Å². The molecule has 7 nitrogen and oxygen atoms in total. The number of nitrogens with zero attached hydrogens (tertiary/aromatic N) is 5. The normalized spacial score (nSPS) is 26.0. The maximum absolute atomic E-state index is 12.7. The molecule has 3 heterocycles. The molecule has 1 aliphatic heterocycles. The summed E-state index contributed by atoms with van der Waals surface area (Å²) < 4.78 is 1.62. The van der Waals surface area contributed by atoms with Crippen molar-refractivity contribution >= 4 is 11.6 Å². The van der Waals surface area contributed by atoms with Crippen LogP contribution in [0.5, 0.6) is 0 Å². The van der Waals surface area contributed by atoms with E-state index in [-0.39, 0.29) is 18.1 Å². The van der Waals surface area contributed by atoms with Crippen molar-refractivity contribution in [1.82, 2.24) is 24.4 Å². The summed E-state index contributed by atoms with van der Waals surface area (Å²) in [6.07, 6.45) is 7.91.